The second-order valence-corrected chi connectivity index (χ2v) is 5.67. The van der Waals surface area contributed by atoms with Crippen LogP contribution in [0.2, 0.25) is 0 Å². The predicted molar refractivity (Wildman–Crippen MR) is 95.2 cm³/mol. The minimum absolute atomic E-state index is 0.210. The van der Waals surface area contributed by atoms with E-state index in [1.54, 1.807) is 12.3 Å². The van der Waals surface area contributed by atoms with Gasteiger partial charge < -0.3 is 9.88 Å². The molecule has 24 heavy (non-hydrogen) atoms. The van der Waals surface area contributed by atoms with Crippen LogP contribution in [0.15, 0.2) is 54.7 Å². The van der Waals surface area contributed by atoms with Crippen molar-refractivity contribution in [3.8, 4) is 11.8 Å². The van der Waals surface area contributed by atoms with Crippen LogP contribution in [0, 0.1) is 11.3 Å². The van der Waals surface area contributed by atoms with Gasteiger partial charge in [0.2, 0.25) is 0 Å². The Bertz CT molecular complexity index is 913. The second-order valence-electron chi connectivity index (χ2n) is 5.67. The summed E-state index contributed by atoms with van der Waals surface area (Å²) in [5, 5.41) is 14.4. The van der Waals surface area contributed by atoms with E-state index in [9.17, 15) is 10.1 Å². The van der Waals surface area contributed by atoms with Crippen LogP contribution >= 0.6 is 0 Å². The first-order valence-electron chi connectivity index (χ1n) is 8.14. The summed E-state index contributed by atoms with van der Waals surface area (Å²) < 4.78 is 1.81. The molecular formula is C20H19N3O. The number of hydrogen-bond donors (Lipinski definition) is 1. The first kappa shape index (κ1) is 15.8. The molecule has 0 saturated heterocycles. The summed E-state index contributed by atoms with van der Waals surface area (Å²) in [6.45, 7) is 2.69. The fraction of sp³-hybridized carbons (Fsp3) is 0.200. The van der Waals surface area contributed by atoms with E-state index < -0.39 is 0 Å². The Labute approximate surface area is 141 Å². The highest BCUT2D eigenvalue weighted by molar-refractivity contribution is 5.98. The third-order valence-corrected chi connectivity index (χ3v) is 4.06. The standard InChI is InChI=1S/C20H19N3O/c1-2-3-12-22-20(24)19-16(14-21)11-13-23(19)18-10-6-8-15-7-4-5-9-17(15)18/h4-11,13H,2-3,12H2,1H3,(H,22,24). The number of aromatic nitrogens is 1. The molecule has 0 fully saturated rings. The monoisotopic (exact) mass is 317 g/mol. The summed E-state index contributed by atoms with van der Waals surface area (Å²) in [7, 11) is 0. The molecule has 120 valence electrons. The van der Waals surface area contributed by atoms with Crippen molar-refractivity contribution in [3.63, 3.8) is 0 Å². The van der Waals surface area contributed by atoms with Crippen molar-refractivity contribution >= 4 is 16.7 Å². The molecule has 4 nitrogen and oxygen atoms in total. The molecule has 3 rings (SSSR count). The molecule has 0 spiro atoms. The van der Waals surface area contributed by atoms with E-state index in [4.69, 9.17) is 0 Å². The van der Waals surface area contributed by atoms with Crippen molar-refractivity contribution in [2.24, 2.45) is 0 Å². The van der Waals surface area contributed by atoms with Crippen molar-refractivity contribution in [2.45, 2.75) is 19.8 Å². The zero-order valence-corrected chi connectivity index (χ0v) is 13.6. The molecule has 0 aliphatic rings. The first-order valence-corrected chi connectivity index (χ1v) is 8.14. The zero-order chi connectivity index (χ0) is 16.9. The van der Waals surface area contributed by atoms with Crippen molar-refractivity contribution in [2.75, 3.05) is 6.54 Å². The van der Waals surface area contributed by atoms with E-state index in [0.717, 1.165) is 29.3 Å². The second kappa shape index (κ2) is 7.01. The molecule has 0 atom stereocenters. The molecule has 1 amide bonds. The van der Waals surface area contributed by atoms with Gasteiger partial charge in [-0.15, -0.1) is 0 Å². The third kappa shape index (κ3) is 2.89. The van der Waals surface area contributed by atoms with Gasteiger partial charge in [-0.05, 0) is 23.9 Å². The SMILES string of the molecule is CCCCNC(=O)c1c(C#N)ccn1-c1cccc2ccccc12. The van der Waals surface area contributed by atoms with E-state index in [2.05, 4.69) is 18.3 Å². The summed E-state index contributed by atoms with van der Waals surface area (Å²) >= 11 is 0. The van der Waals surface area contributed by atoms with Crippen LogP contribution in [0.1, 0.15) is 35.8 Å². The number of amides is 1. The molecule has 0 saturated carbocycles. The maximum absolute atomic E-state index is 12.6. The van der Waals surface area contributed by atoms with E-state index in [-0.39, 0.29) is 5.91 Å². The van der Waals surface area contributed by atoms with Crippen LogP contribution < -0.4 is 5.32 Å². The molecule has 2 aromatic carbocycles. The van der Waals surface area contributed by atoms with E-state index in [0.29, 0.717) is 17.8 Å². The van der Waals surface area contributed by atoms with Gasteiger partial charge in [0, 0.05) is 18.1 Å². The number of fused-ring (bicyclic) bond motifs is 1. The minimum atomic E-state index is -0.210. The van der Waals surface area contributed by atoms with Crippen molar-refractivity contribution in [1.29, 1.82) is 5.26 Å². The fourth-order valence-electron chi connectivity index (χ4n) is 2.84. The molecule has 4 heteroatoms. The molecule has 1 N–H and O–H groups in total. The molecule has 0 bridgehead atoms. The Hall–Kier alpha value is -3.06. The highest BCUT2D eigenvalue weighted by Crippen LogP contribution is 2.25. The number of carbonyl (C=O) groups excluding carboxylic acids is 1. The number of hydrogen-bond acceptors (Lipinski definition) is 2. The Morgan fingerprint density at radius 2 is 1.96 bits per heavy atom. The first-order chi connectivity index (χ1) is 11.8. The number of unbranched alkanes of at least 4 members (excludes halogenated alkanes) is 1. The highest BCUT2D eigenvalue weighted by Gasteiger charge is 2.18. The van der Waals surface area contributed by atoms with Crippen LogP contribution in [0.5, 0.6) is 0 Å². The molecule has 0 radical (unpaired) electrons. The average Bonchev–Trinajstić information content (AvgIpc) is 3.05. The van der Waals surface area contributed by atoms with Gasteiger partial charge in [-0.2, -0.15) is 5.26 Å². The summed E-state index contributed by atoms with van der Waals surface area (Å²) in [6.07, 6.45) is 3.72. The average molecular weight is 317 g/mol. The van der Waals surface area contributed by atoms with Crippen LogP contribution in [-0.2, 0) is 0 Å². The summed E-state index contributed by atoms with van der Waals surface area (Å²) in [4.78, 5) is 12.6. The number of nitrogens with zero attached hydrogens (tertiary/aromatic N) is 2. The van der Waals surface area contributed by atoms with Gasteiger partial charge in [0.25, 0.3) is 5.91 Å². The van der Waals surface area contributed by atoms with Gasteiger partial charge in [0.05, 0.1) is 11.3 Å². The third-order valence-electron chi connectivity index (χ3n) is 4.06. The molecule has 0 aliphatic heterocycles. The Balaban J connectivity index is 2.10. The van der Waals surface area contributed by atoms with Crippen molar-refractivity contribution in [1.82, 2.24) is 9.88 Å². The molecular weight excluding hydrogens is 298 g/mol. The van der Waals surface area contributed by atoms with E-state index in [1.807, 2.05) is 47.0 Å². The Morgan fingerprint density at radius 1 is 1.17 bits per heavy atom. The normalized spacial score (nSPS) is 10.5. The molecule has 1 aromatic heterocycles. The number of carbonyl (C=O) groups is 1. The lowest BCUT2D eigenvalue weighted by Crippen LogP contribution is -2.27. The highest BCUT2D eigenvalue weighted by atomic mass is 16.1. The lowest BCUT2D eigenvalue weighted by Gasteiger charge is -2.13. The van der Waals surface area contributed by atoms with Gasteiger partial charge in [-0.3, -0.25) is 4.79 Å². The Morgan fingerprint density at radius 3 is 2.75 bits per heavy atom. The zero-order valence-electron chi connectivity index (χ0n) is 13.6. The number of nitriles is 1. The van der Waals surface area contributed by atoms with Crippen LogP contribution in [0.4, 0.5) is 0 Å². The minimum Gasteiger partial charge on any atom is -0.351 e. The maximum Gasteiger partial charge on any atom is 0.269 e. The van der Waals surface area contributed by atoms with Gasteiger partial charge in [0.15, 0.2) is 0 Å². The number of rotatable bonds is 5. The molecule has 1 heterocycles. The number of benzene rings is 2. The van der Waals surface area contributed by atoms with Crippen LogP contribution in [0.25, 0.3) is 16.5 Å². The van der Waals surface area contributed by atoms with Gasteiger partial charge in [0.1, 0.15) is 11.8 Å². The molecule has 0 aliphatic carbocycles. The lowest BCUT2D eigenvalue weighted by atomic mass is 10.1. The summed E-state index contributed by atoms with van der Waals surface area (Å²) in [5.74, 6) is -0.210. The predicted octanol–water partition coefficient (Wildman–Crippen LogP) is 4.03. The van der Waals surface area contributed by atoms with Crippen LogP contribution in [-0.4, -0.2) is 17.0 Å². The summed E-state index contributed by atoms with van der Waals surface area (Å²) in [5.41, 5.74) is 1.68. The van der Waals surface area contributed by atoms with Crippen LogP contribution in [0.3, 0.4) is 0 Å². The van der Waals surface area contributed by atoms with Crippen molar-refractivity contribution < 1.29 is 4.79 Å². The smallest absolute Gasteiger partial charge is 0.269 e. The van der Waals surface area contributed by atoms with Gasteiger partial charge >= 0.3 is 0 Å². The van der Waals surface area contributed by atoms with E-state index >= 15 is 0 Å². The number of nitrogens with one attached hydrogen (secondary N) is 1. The quantitative estimate of drug-likeness (QED) is 0.722. The molecule has 0 unspecified atom stereocenters. The Kier molecular flexibility index (Phi) is 4.62. The lowest BCUT2D eigenvalue weighted by molar-refractivity contribution is 0.0946. The topological polar surface area (TPSA) is 57.8 Å². The largest absolute Gasteiger partial charge is 0.351 e. The molecule has 3 aromatic rings. The van der Waals surface area contributed by atoms with E-state index in [1.165, 1.54) is 0 Å². The van der Waals surface area contributed by atoms with Gasteiger partial charge in [-0.1, -0.05) is 49.7 Å². The summed E-state index contributed by atoms with van der Waals surface area (Å²) in [6, 6.07) is 17.8. The fourth-order valence-corrected chi connectivity index (χ4v) is 2.84. The van der Waals surface area contributed by atoms with Crippen molar-refractivity contribution in [3.05, 3.63) is 66.0 Å². The van der Waals surface area contributed by atoms with Gasteiger partial charge in [-0.25, -0.2) is 0 Å². The maximum atomic E-state index is 12.6.